The van der Waals surface area contributed by atoms with Gasteiger partial charge in [-0.2, -0.15) is 4.98 Å². The summed E-state index contributed by atoms with van der Waals surface area (Å²) in [5, 5.41) is 9.32. The lowest BCUT2D eigenvalue weighted by Crippen LogP contribution is -2.06. The van der Waals surface area contributed by atoms with E-state index in [2.05, 4.69) is 58.8 Å². The van der Waals surface area contributed by atoms with Gasteiger partial charge in [-0.25, -0.2) is 4.98 Å². The van der Waals surface area contributed by atoms with Crippen LogP contribution in [0.4, 0.5) is 28.8 Å². The van der Waals surface area contributed by atoms with Gasteiger partial charge in [-0.3, -0.25) is 4.79 Å². The molecule has 27 heavy (non-hydrogen) atoms. The predicted octanol–water partition coefficient (Wildman–Crippen LogP) is 4.85. The van der Waals surface area contributed by atoms with Gasteiger partial charge < -0.3 is 16.0 Å². The quantitative estimate of drug-likeness (QED) is 0.605. The van der Waals surface area contributed by atoms with Crippen LogP contribution in [0.2, 0.25) is 0 Å². The van der Waals surface area contributed by atoms with Gasteiger partial charge in [0.2, 0.25) is 11.9 Å². The molecule has 1 heterocycles. The third kappa shape index (κ3) is 4.82. The molecule has 0 atom stereocenters. The van der Waals surface area contributed by atoms with E-state index in [4.69, 9.17) is 0 Å². The molecule has 2 aromatic carbocycles. The summed E-state index contributed by atoms with van der Waals surface area (Å²) in [5.74, 6) is 1.08. The van der Waals surface area contributed by atoms with Gasteiger partial charge in [0, 0.05) is 30.2 Å². The van der Waals surface area contributed by atoms with E-state index in [1.807, 2.05) is 24.3 Å². The van der Waals surface area contributed by atoms with Gasteiger partial charge in [0.05, 0.1) is 0 Å². The summed E-state index contributed by atoms with van der Waals surface area (Å²) in [4.78, 5) is 20.1. The molecule has 1 amide bonds. The first kappa shape index (κ1) is 18.4. The van der Waals surface area contributed by atoms with Crippen LogP contribution < -0.4 is 16.0 Å². The highest BCUT2D eigenvalue weighted by atomic mass is 16.1. The molecule has 0 saturated heterocycles. The van der Waals surface area contributed by atoms with Crippen molar-refractivity contribution in [2.75, 3.05) is 16.0 Å². The van der Waals surface area contributed by atoms with Crippen LogP contribution in [0.3, 0.4) is 0 Å². The Morgan fingerprint density at radius 3 is 2.33 bits per heavy atom. The molecule has 3 N–H and O–H groups in total. The van der Waals surface area contributed by atoms with E-state index in [1.54, 1.807) is 12.3 Å². The number of aromatic nitrogens is 2. The van der Waals surface area contributed by atoms with E-state index in [1.165, 1.54) is 12.5 Å². The molecule has 0 fully saturated rings. The molecule has 0 aliphatic carbocycles. The summed E-state index contributed by atoms with van der Waals surface area (Å²) in [5.41, 5.74) is 6.10. The summed E-state index contributed by atoms with van der Waals surface area (Å²) < 4.78 is 0. The van der Waals surface area contributed by atoms with Gasteiger partial charge in [0.1, 0.15) is 5.82 Å². The van der Waals surface area contributed by atoms with Crippen LogP contribution in [0.1, 0.15) is 23.6 Å². The van der Waals surface area contributed by atoms with Crippen LogP contribution in [-0.2, 0) is 4.79 Å². The molecule has 0 unspecified atom stereocenters. The van der Waals surface area contributed by atoms with Crippen molar-refractivity contribution in [2.24, 2.45) is 0 Å². The molecule has 138 valence electrons. The topological polar surface area (TPSA) is 78.9 Å². The number of aryl methyl sites for hydroxylation is 3. The second-order valence-electron chi connectivity index (χ2n) is 6.55. The Kier molecular flexibility index (Phi) is 5.35. The Bertz CT molecular complexity index is 961. The summed E-state index contributed by atoms with van der Waals surface area (Å²) in [6, 6.07) is 13.5. The van der Waals surface area contributed by atoms with E-state index in [0.29, 0.717) is 11.8 Å². The normalized spacial score (nSPS) is 10.4. The zero-order valence-corrected chi connectivity index (χ0v) is 15.9. The molecule has 0 aliphatic heterocycles. The molecule has 1 aromatic heterocycles. The first-order valence-electron chi connectivity index (χ1n) is 8.73. The fourth-order valence-electron chi connectivity index (χ4n) is 3.00. The molecule has 3 rings (SSSR count). The monoisotopic (exact) mass is 361 g/mol. The largest absolute Gasteiger partial charge is 0.340 e. The lowest BCUT2D eigenvalue weighted by molar-refractivity contribution is -0.114. The zero-order chi connectivity index (χ0) is 19.4. The number of hydrogen-bond acceptors (Lipinski definition) is 5. The number of nitrogens with zero attached hydrogens (tertiary/aromatic N) is 2. The van der Waals surface area contributed by atoms with Gasteiger partial charge >= 0.3 is 0 Å². The van der Waals surface area contributed by atoms with E-state index in [-0.39, 0.29) is 5.91 Å². The highest BCUT2D eigenvalue weighted by molar-refractivity contribution is 5.89. The van der Waals surface area contributed by atoms with E-state index in [0.717, 1.165) is 28.2 Å². The van der Waals surface area contributed by atoms with Crippen molar-refractivity contribution in [3.63, 3.8) is 0 Å². The number of carbonyl (C=O) groups excluding carboxylic acids is 1. The maximum Gasteiger partial charge on any atom is 0.229 e. The molecule has 0 bridgehead atoms. The first-order valence-corrected chi connectivity index (χ1v) is 8.73. The van der Waals surface area contributed by atoms with Crippen LogP contribution in [0, 0.1) is 20.8 Å². The minimum absolute atomic E-state index is 0.107. The first-order chi connectivity index (χ1) is 12.9. The number of amides is 1. The Hall–Kier alpha value is -3.41. The second kappa shape index (κ2) is 7.86. The van der Waals surface area contributed by atoms with Crippen molar-refractivity contribution >= 4 is 34.7 Å². The minimum atomic E-state index is -0.107. The lowest BCUT2D eigenvalue weighted by atomic mass is 10.1. The molecule has 6 heteroatoms. The molecule has 0 radical (unpaired) electrons. The second-order valence-corrected chi connectivity index (χ2v) is 6.55. The summed E-state index contributed by atoms with van der Waals surface area (Å²) in [6.45, 7) is 7.70. The highest BCUT2D eigenvalue weighted by Crippen LogP contribution is 2.25. The Labute approximate surface area is 159 Å². The summed E-state index contributed by atoms with van der Waals surface area (Å²) in [6.07, 6.45) is 1.70. The van der Waals surface area contributed by atoms with Crippen molar-refractivity contribution in [3.05, 3.63) is 65.4 Å². The Morgan fingerprint density at radius 1 is 0.926 bits per heavy atom. The van der Waals surface area contributed by atoms with Crippen molar-refractivity contribution in [3.8, 4) is 0 Å². The van der Waals surface area contributed by atoms with Crippen LogP contribution in [0.15, 0.2) is 48.7 Å². The number of benzene rings is 2. The van der Waals surface area contributed by atoms with Gasteiger partial charge in [-0.15, -0.1) is 0 Å². The fourth-order valence-corrected chi connectivity index (χ4v) is 3.00. The number of carbonyl (C=O) groups is 1. The summed E-state index contributed by atoms with van der Waals surface area (Å²) >= 11 is 0. The average molecular weight is 361 g/mol. The number of rotatable bonds is 5. The van der Waals surface area contributed by atoms with Gasteiger partial charge in [-0.05, 0) is 56.2 Å². The maximum absolute atomic E-state index is 11.2. The number of nitrogens with one attached hydrogen (secondary N) is 3. The fraction of sp³-hybridized carbons (Fsp3) is 0.190. The summed E-state index contributed by atoms with van der Waals surface area (Å²) in [7, 11) is 0. The van der Waals surface area contributed by atoms with Crippen molar-refractivity contribution in [1.82, 2.24) is 9.97 Å². The Balaban J connectivity index is 1.79. The lowest BCUT2D eigenvalue weighted by Gasteiger charge is -2.13. The van der Waals surface area contributed by atoms with Crippen LogP contribution in [0.5, 0.6) is 0 Å². The standard InChI is InChI=1S/C21H23N5O/c1-13-10-14(2)20(15(3)11-13)26-21-22-9-8-19(25-21)24-18-7-5-6-17(12-18)23-16(4)27/h5-12H,1-4H3,(H,23,27)(H2,22,24,25,26). The molecular weight excluding hydrogens is 338 g/mol. The molecule has 3 aromatic rings. The van der Waals surface area contributed by atoms with Gasteiger partial charge in [0.15, 0.2) is 0 Å². The van der Waals surface area contributed by atoms with Crippen molar-refractivity contribution in [1.29, 1.82) is 0 Å². The highest BCUT2D eigenvalue weighted by Gasteiger charge is 2.07. The van der Waals surface area contributed by atoms with Crippen LogP contribution in [0.25, 0.3) is 0 Å². The Morgan fingerprint density at radius 2 is 1.63 bits per heavy atom. The van der Waals surface area contributed by atoms with Crippen molar-refractivity contribution in [2.45, 2.75) is 27.7 Å². The smallest absolute Gasteiger partial charge is 0.229 e. The predicted molar refractivity (Wildman–Crippen MR) is 110 cm³/mol. The molecule has 0 aliphatic rings. The molecular formula is C21H23N5O. The van der Waals surface area contributed by atoms with E-state index < -0.39 is 0 Å². The third-order valence-electron chi connectivity index (χ3n) is 4.02. The van der Waals surface area contributed by atoms with E-state index in [9.17, 15) is 4.79 Å². The SMILES string of the molecule is CC(=O)Nc1cccc(Nc2ccnc(Nc3c(C)cc(C)cc3C)n2)c1. The van der Waals surface area contributed by atoms with Gasteiger partial charge in [-0.1, -0.05) is 23.8 Å². The third-order valence-corrected chi connectivity index (χ3v) is 4.02. The molecule has 0 saturated carbocycles. The molecule has 6 nitrogen and oxygen atoms in total. The van der Waals surface area contributed by atoms with Gasteiger partial charge in [0.25, 0.3) is 0 Å². The van der Waals surface area contributed by atoms with Crippen LogP contribution in [-0.4, -0.2) is 15.9 Å². The zero-order valence-electron chi connectivity index (χ0n) is 15.9. The number of anilines is 5. The number of hydrogen-bond donors (Lipinski definition) is 3. The molecule has 0 spiro atoms. The maximum atomic E-state index is 11.2. The van der Waals surface area contributed by atoms with Crippen molar-refractivity contribution < 1.29 is 4.79 Å². The minimum Gasteiger partial charge on any atom is -0.340 e. The average Bonchev–Trinajstić information content (AvgIpc) is 2.58. The van der Waals surface area contributed by atoms with E-state index >= 15 is 0 Å². The van der Waals surface area contributed by atoms with Crippen LogP contribution >= 0.6 is 0 Å².